The fourth-order valence-electron chi connectivity index (χ4n) is 4.38. The van der Waals surface area contributed by atoms with Crippen LogP contribution < -0.4 is 14.8 Å². The molecule has 0 atom stereocenters. The molecule has 0 aliphatic carbocycles. The first kappa shape index (κ1) is 26.2. The lowest BCUT2D eigenvalue weighted by Gasteiger charge is -2.05. The van der Waals surface area contributed by atoms with Crippen molar-refractivity contribution >= 4 is 38.3 Å². The molecule has 0 saturated heterocycles. The van der Waals surface area contributed by atoms with Gasteiger partial charge in [0.05, 0.1) is 22.5 Å². The summed E-state index contributed by atoms with van der Waals surface area (Å²) in [5, 5.41) is 9.38. The van der Waals surface area contributed by atoms with Crippen LogP contribution in [0.2, 0.25) is 0 Å². The molecule has 6 aromatic rings. The number of halogens is 1. The van der Waals surface area contributed by atoms with Crippen LogP contribution in [0.5, 0.6) is 5.75 Å². The molecule has 0 spiro atoms. The van der Waals surface area contributed by atoms with Crippen molar-refractivity contribution in [3.8, 4) is 34.1 Å². The molecule has 40 heavy (non-hydrogen) atoms. The Hall–Kier alpha value is -4.08. The highest BCUT2D eigenvalue weighted by Gasteiger charge is 2.15. The highest BCUT2D eigenvalue weighted by Crippen LogP contribution is 2.26. The van der Waals surface area contributed by atoms with Gasteiger partial charge >= 0.3 is 0 Å². The second-order valence-electron chi connectivity index (χ2n) is 9.35. The first-order valence-electron chi connectivity index (χ1n) is 13.1. The SMILES string of the molecule is CCCCCOc1ccc(-c2nc3sc(=Cc4cn(-c5ccccc5)nc4-c4ccc(Br)cc4)c(=O)n3n2)cc1. The van der Waals surface area contributed by atoms with Crippen LogP contribution in [0.3, 0.4) is 0 Å². The van der Waals surface area contributed by atoms with Crippen molar-refractivity contribution in [3.05, 3.63) is 110 Å². The lowest BCUT2D eigenvalue weighted by Crippen LogP contribution is -2.23. The third kappa shape index (κ3) is 5.48. The van der Waals surface area contributed by atoms with Crippen LogP contribution in [0.4, 0.5) is 0 Å². The molecule has 3 aromatic heterocycles. The van der Waals surface area contributed by atoms with Gasteiger partial charge in [0.25, 0.3) is 5.56 Å². The normalized spacial score (nSPS) is 11.9. The molecule has 0 bridgehead atoms. The van der Waals surface area contributed by atoms with E-state index in [1.165, 1.54) is 15.9 Å². The van der Waals surface area contributed by atoms with Gasteiger partial charge in [-0.05, 0) is 61.0 Å². The molecule has 9 heteroatoms. The molecule has 3 aromatic carbocycles. The van der Waals surface area contributed by atoms with E-state index in [2.05, 4.69) is 32.9 Å². The summed E-state index contributed by atoms with van der Waals surface area (Å²) < 4.78 is 10.5. The third-order valence-electron chi connectivity index (χ3n) is 6.48. The van der Waals surface area contributed by atoms with Crippen molar-refractivity contribution in [3.63, 3.8) is 0 Å². The summed E-state index contributed by atoms with van der Waals surface area (Å²) >= 11 is 4.82. The monoisotopic (exact) mass is 611 g/mol. The Morgan fingerprint density at radius 2 is 1.68 bits per heavy atom. The topological polar surface area (TPSA) is 74.3 Å². The molecular weight excluding hydrogens is 586 g/mol. The van der Waals surface area contributed by atoms with E-state index in [0.29, 0.717) is 21.9 Å². The first-order valence-corrected chi connectivity index (χ1v) is 14.8. The van der Waals surface area contributed by atoms with Gasteiger partial charge in [0, 0.05) is 27.4 Å². The van der Waals surface area contributed by atoms with Gasteiger partial charge in [-0.1, -0.05) is 77.4 Å². The van der Waals surface area contributed by atoms with E-state index in [9.17, 15) is 4.79 Å². The van der Waals surface area contributed by atoms with Gasteiger partial charge in [0.2, 0.25) is 4.96 Å². The minimum atomic E-state index is -0.205. The molecule has 0 unspecified atom stereocenters. The fraction of sp³-hybridized carbons (Fsp3) is 0.161. The van der Waals surface area contributed by atoms with Crippen molar-refractivity contribution in [2.75, 3.05) is 6.61 Å². The molecule has 3 heterocycles. The average Bonchev–Trinajstić information content (AvgIpc) is 3.67. The number of ether oxygens (including phenoxy) is 1. The molecular formula is C31H26BrN5O2S. The first-order chi connectivity index (χ1) is 19.6. The molecule has 0 amide bonds. The smallest absolute Gasteiger partial charge is 0.291 e. The molecule has 0 aliphatic rings. The zero-order valence-electron chi connectivity index (χ0n) is 21.8. The summed E-state index contributed by atoms with van der Waals surface area (Å²) in [5.41, 5.74) is 4.14. The summed E-state index contributed by atoms with van der Waals surface area (Å²) in [4.78, 5) is 18.6. The Morgan fingerprint density at radius 3 is 2.40 bits per heavy atom. The summed E-state index contributed by atoms with van der Waals surface area (Å²) in [5.74, 6) is 1.33. The highest BCUT2D eigenvalue weighted by molar-refractivity contribution is 9.10. The molecule has 0 N–H and O–H groups in total. The maximum Gasteiger partial charge on any atom is 0.291 e. The van der Waals surface area contributed by atoms with Crippen LogP contribution in [-0.2, 0) is 0 Å². The number of thiazole rings is 1. The van der Waals surface area contributed by atoms with Gasteiger partial charge in [0.1, 0.15) is 5.75 Å². The Morgan fingerprint density at radius 1 is 0.925 bits per heavy atom. The quantitative estimate of drug-likeness (QED) is 0.173. The van der Waals surface area contributed by atoms with E-state index >= 15 is 0 Å². The number of benzene rings is 3. The van der Waals surface area contributed by atoms with E-state index in [0.717, 1.165) is 57.6 Å². The number of fused-ring (bicyclic) bond motifs is 1. The highest BCUT2D eigenvalue weighted by atomic mass is 79.9. The Balaban J connectivity index is 1.33. The van der Waals surface area contributed by atoms with Crippen LogP contribution in [0.25, 0.3) is 39.4 Å². The van der Waals surface area contributed by atoms with Crippen LogP contribution >= 0.6 is 27.3 Å². The van der Waals surface area contributed by atoms with Crippen molar-refractivity contribution < 1.29 is 4.74 Å². The van der Waals surface area contributed by atoms with Crippen molar-refractivity contribution in [1.29, 1.82) is 0 Å². The molecule has 0 radical (unpaired) electrons. The number of aromatic nitrogens is 5. The van der Waals surface area contributed by atoms with E-state index < -0.39 is 0 Å². The number of nitrogens with zero attached hydrogens (tertiary/aromatic N) is 5. The Kier molecular flexibility index (Phi) is 7.57. The summed E-state index contributed by atoms with van der Waals surface area (Å²) in [6.07, 6.45) is 7.18. The second-order valence-corrected chi connectivity index (χ2v) is 11.3. The largest absolute Gasteiger partial charge is 0.494 e. The van der Waals surface area contributed by atoms with E-state index in [4.69, 9.17) is 9.84 Å². The molecule has 6 rings (SSSR count). The maximum atomic E-state index is 13.4. The zero-order chi connectivity index (χ0) is 27.5. The number of hydrogen-bond acceptors (Lipinski definition) is 6. The van der Waals surface area contributed by atoms with Gasteiger partial charge in [-0.25, -0.2) is 4.68 Å². The number of rotatable bonds is 9. The maximum absolute atomic E-state index is 13.4. The molecule has 0 aliphatic heterocycles. The van der Waals surface area contributed by atoms with Crippen molar-refractivity contribution in [2.45, 2.75) is 26.2 Å². The number of para-hydroxylation sites is 1. The molecule has 0 saturated carbocycles. The van der Waals surface area contributed by atoms with Crippen LogP contribution in [-0.4, -0.2) is 31.0 Å². The van der Waals surface area contributed by atoms with Gasteiger partial charge in [-0.15, -0.1) is 5.10 Å². The van der Waals surface area contributed by atoms with E-state index in [1.807, 2.05) is 95.8 Å². The van der Waals surface area contributed by atoms with E-state index in [-0.39, 0.29) is 5.56 Å². The number of hydrogen-bond donors (Lipinski definition) is 0. The molecule has 200 valence electrons. The van der Waals surface area contributed by atoms with Crippen molar-refractivity contribution in [2.24, 2.45) is 0 Å². The molecule has 7 nitrogen and oxygen atoms in total. The fourth-order valence-corrected chi connectivity index (χ4v) is 5.54. The van der Waals surface area contributed by atoms with Gasteiger partial charge in [-0.3, -0.25) is 4.79 Å². The number of unbranched alkanes of at least 4 members (excludes halogenated alkanes) is 2. The summed E-state index contributed by atoms with van der Waals surface area (Å²) in [6, 6.07) is 25.6. The predicted molar refractivity (Wildman–Crippen MR) is 163 cm³/mol. The minimum Gasteiger partial charge on any atom is -0.494 e. The zero-order valence-corrected chi connectivity index (χ0v) is 24.2. The van der Waals surface area contributed by atoms with Gasteiger partial charge in [-0.2, -0.15) is 14.6 Å². The second kappa shape index (κ2) is 11.6. The lowest BCUT2D eigenvalue weighted by molar-refractivity contribution is 0.306. The van der Waals surface area contributed by atoms with Crippen LogP contribution in [0, 0.1) is 0 Å². The van der Waals surface area contributed by atoms with E-state index in [1.54, 1.807) is 0 Å². The van der Waals surface area contributed by atoms with Crippen LogP contribution in [0.15, 0.2) is 94.3 Å². The summed E-state index contributed by atoms with van der Waals surface area (Å²) in [6.45, 7) is 2.88. The van der Waals surface area contributed by atoms with Crippen molar-refractivity contribution in [1.82, 2.24) is 24.4 Å². The van der Waals surface area contributed by atoms with Gasteiger partial charge < -0.3 is 4.74 Å². The minimum absolute atomic E-state index is 0.205. The standard InChI is InChI=1S/C31H26BrN5O2S/c1-2-3-7-18-39-26-16-12-22(13-17-26)29-33-31-37(35-29)30(38)27(40-31)19-23-20-36(25-8-5-4-6-9-25)34-28(23)21-10-14-24(32)15-11-21/h4-6,8-17,19-20H,2-3,7,18H2,1H3. The van der Waals surface area contributed by atoms with Crippen LogP contribution in [0.1, 0.15) is 31.7 Å². The molecule has 0 fully saturated rings. The summed E-state index contributed by atoms with van der Waals surface area (Å²) in [7, 11) is 0. The average molecular weight is 613 g/mol. The third-order valence-corrected chi connectivity index (χ3v) is 7.97. The Bertz CT molecular complexity index is 1860. The predicted octanol–water partition coefficient (Wildman–Crippen LogP) is 6.55. The Labute approximate surface area is 243 Å². The van der Waals surface area contributed by atoms with Gasteiger partial charge in [0.15, 0.2) is 5.82 Å². The lowest BCUT2D eigenvalue weighted by atomic mass is 10.1.